The van der Waals surface area contributed by atoms with Gasteiger partial charge in [-0.3, -0.25) is 9.69 Å². The largest absolute Gasteiger partial charge is 0.497 e. The van der Waals surface area contributed by atoms with Crippen LogP contribution >= 0.6 is 0 Å². The molecule has 1 aromatic heterocycles. The first-order valence-electron chi connectivity index (χ1n) is 8.12. The standard InChI is InChI=1S/C18H19N3O4/c1-24-13-2-3-17-12(5-13)4-11(9-25-17)7-21-8-15-14(19-10-20-15)6-16(21)18(22)23/h2-5,10,16H,6-9H2,1H3,(H,19,20)(H,22,23)/t16-/m1/s1. The van der Waals surface area contributed by atoms with E-state index in [4.69, 9.17) is 9.47 Å². The summed E-state index contributed by atoms with van der Waals surface area (Å²) >= 11 is 0. The van der Waals surface area contributed by atoms with Crippen molar-refractivity contribution in [1.29, 1.82) is 0 Å². The zero-order valence-corrected chi connectivity index (χ0v) is 13.9. The summed E-state index contributed by atoms with van der Waals surface area (Å²) in [4.78, 5) is 20.9. The lowest BCUT2D eigenvalue weighted by molar-refractivity contribution is -0.143. The zero-order valence-electron chi connectivity index (χ0n) is 13.9. The van der Waals surface area contributed by atoms with Gasteiger partial charge < -0.3 is 19.6 Å². The molecule has 0 fully saturated rings. The number of imidazole rings is 1. The number of carboxylic acids is 1. The lowest BCUT2D eigenvalue weighted by Gasteiger charge is -2.33. The molecule has 7 nitrogen and oxygen atoms in total. The van der Waals surface area contributed by atoms with Crippen molar-refractivity contribution in [1.82, 2.24) is 14.9 Å². The van der Waals surface area contributed by atoms with E-state index in [1.807, 2.05) is 23.1 Å². The molecule has 0 spiro atoms. The van der Waals surface area contributed by atoms with Crippen LogP contribution in [0.25, 0.3) is 6.08 Å². The Morgan fingerprint density at radius 2 is 2.40 bits per heavy atom. The van der Waals surface area contributed by atoms with Crippen LogP contribution in [0.4, 0.5) is 0 Å². The molecule has 4 rings (SSSR count). The highest BCUT2D eigenvalue weighted by molar-refractivity contribution is 5.74. The van der Waals surface area contributed by atoms with Gasteiger partial charge in [0.15, 0.2) is 0 Å². The number of nitrogens with zero attached hydrogens (tertiary/aromatic N) is 2. The summed E-state index contributed by atoms with van der Waals surface area (Å²) in [6.07, 6.45) is 4.09. The van der Waals surface area contributed by atoms with Crippen LogP contribution in [0.5, 0.6) is 11.5 Å². The van der Waals surface area contributed by atoms with E-state index in [2.05, 4.69) is 16.0 Å². The normalized spacial score (nSPS) is 19.4. The quantitative estimate of drug-likeness (QED) is 0.880. The maximum atomic E-state index is 11.7. The van der Waals surface area contributed by atoms with Crippen molar-refractivity contribution in [2.75, 3.05) is 20.3 Å². The predicted molar refractivity (Wildman–Crippen MR) is 90.6 cm³/mol. The van der Waals surface area contributed by atoms with E-state index in [1.54, 1.807) is 13.4 Å². The average molecular weight is 341 g/mol. The molecule has 2 N–H and O–H groups in total. The van der Waals surface area contributed by atoms with Crippen molar-refractivity contribution in [2.24, 2.45) is 0 Å². The Kier molecular flexibility index (Phi) is 3.93. The van der Waals surface area contributed by atoms with Crippen molar-refractivity contribution < 1.29 is 19.4 Å². The minimum absolute atomic E-state index is 0.409. The average Bonchev–Trinajstić information content (AvgIpc) is 3.07. The van der Waals surface area contributed by atoms with Gasteiger partial charge in [-0.1, -0.05) is 0 Å². The fourth-order valence-electron chi connectivity index (χ4n) is 3.38. The second-order valence-corrected chi connectivity index (χ2v) is 6.29. The molecule has 25 heavy (non-hydrogen) atoms. The molecule has 130 valence electrons. The Morgan fingerprint density at radius 3 is 3.20 bits per heavy atom. The number of rotatable bonds is 4. The molecule has 0 unspecified atom stereocenters. The topological polar surface area (TPSA) is 87.7 Å². The summed E-state index contributed by atoms with van der Waals surface area (Å²) in [5, 5.41) is 9.58. The molecule has 0 amide bonds. The Morgan fingerprint density at radius 1 is 1.52 bits per heavy atom. The van der Waals surface area contributed by atoms with Crippen LogP contribution in [-0.4, -0.2) is 52.2 Å². The van der Waals surface area contributed by atoms with Gasteiger partial charge in [0, 0.05) is 25.1 Å². The third-order valence-corrected chi connectivity index (χ3v) is 4.68. The minimum atomic E-state index is -0.826. The van der Waals surface area contributed by atoms with E-state index in [0.29, 0.717) is 26.1 Å². The third-order valence-electron chi connectivity index (χ3n) is 4.68. The number of nitrogens with one attached hydrogen (secondary N) is 1. The van der Waals surface area contributed by atoms with Crippen molar-refractivity contribution in [3.8, 4) is 11.5 Å². The Balaban J connectivity index is 1.58. The summed E-state index contributed by atoms with van der Waals surface area (Å²) in [7, 11) is 1.63. The zero-order chi connectivity index (χ0) is 17.4. The highest BCUT2D eigenvalue weighted by Crippen LogP contribution is 2.31. The van der Waals surface area contributed by atoms with E-state index in [-0.39, 0.29) is 0 Å². The summed E-state index contributed by atoms with van der Waals surface area (Å²) in [6.45, 7) is 1.53. The fourth-order valence-corrected chi connectivity index (χ4v) is 3.38. The number of fused-ring (bicyclic) bond motifs is 2. The van der Waals surface area contributed by atoms with Gasteiger partial charge in [0.25, 0.3) is 0 Å². The van der Waals surface area contributed by atoms with Gasteiger partial charge in [0.2, 0.25) is 0 Å². The number of ether oxygens (including phenoxy) is 2. The molecule has 7 heteroatoms. The van der Waals surface area contributed by atoms with Gasteiger partial charge >= 0.3 is 5.97 Å². The van der Waals surface area contributed by atoms with Crippen molar-refractivity contribution in [2.45, 2.75) is 19.0 Å². The molecular weight excluding hydrogens is 322 g/mol. The highest BCUT2D eigenvalue weighted by atomic mass is 16.5. The van der Waals surface area contributed by atoms with Crippen molar-refractivity contribution in [3.63, 3.8) is 0 Å². The monoisotopic (exact) mass is 341 g/mol. The van der Waals surface area contributed by atoms with Crippen LogP contribution < -0.4 is 9.47 Å². The molecule has 0 saturated heterocycles. The first-order chi connectivity index (χ1) is 12.1. The first-order valence-corrected chi connectivity index (χ1v) is 8.12. The number of aliphatic carboxylic acids is 1. The van der Waals surface area contributed by atoms with Crippen LogP contribution in [0.15, 0.2) is 30.1 Å². The minimum Gasteiger partial charge on any atom is -0.497 e. The number of aromatic amines is 1. The van der Waals surface area contributed by atoms with Gasteiger partial charge in [-0.05, 0) is 29.8 Å². The molecule has 2 aliphatic rings. The van der Waals surface area contributed by atoms with Crippen LogP contribution in [0.2, 0.25) is 0 Å². The highest BCUT2D eigenvalue weighted by Gasteiger charge is 2.33. The first kappa shape index (κ1) is 15.7. The maximum absolute atomic E-state index is 11.7. The molecule has 0 bridgehead atoms. The SMILES string of the molecule is COc1ccc2c(c1)C=C(CN1Cc3[nH]cnc3C[C@@H]1C(=O)O)CO2. The summed E-state index contributed by atoms with van der Waals surface area (Å²) in [5.41, 5.74) is 3.81. The summed E-state index contributed by atoms with van der Waals surface area (Å²) in [6, 6.07) is 5.09. The molecule has 2 aromatic rings. The van der Waals surface area contributed by atoms with Gasteiger partial charge in [-0.25, -0.2) is 4.98 Å². The molecule has 1 atom stereocenters. The van der Waals surface area contributed by atoms with E-state index in [9.17, 15) is 9.90 Å². The third kappa shape index (κ3) is 2.98. The van der Waals surface area contributed by atoms with Crippen LogP contribution in [0.1, 0.15) is 17.0 Å². The van der Waals surface area contributed by atoms with E-state index in [1.165, 1.54) is 0 Å². The second kappa shape index (κ2) is 6.25. The molecular formula is C18H19N3O4. The molecule has 0 radical (unpaired) electrons. The van der Waals surface area contributed by atoms with Crippen molar-refractivity contribution >= 4 is 12.0 Å². The van der Waals surface area contributed by atoms with Gasteiger partial charge in [0.1, 0.15) is 24.1 Å². The van der Waals surface area contributed by atoms with E-state index in [0.717, 1.165) is 34.0 Å². The molecule has 0 aliphatic carbocycles. The Hall–Kier alpha value is -2.80. The summed E-state index contributed by atoms with van der Waals surface area (Å²) in [5.74, 6) is 0.755. The van der Waals surface area contributed by atoms with Crippen LogP contribution in [-0.2, 0) is 17.8 Å². The number of benzene rings is 1. The van der Waals surface area contributed by atoms with Gasteiger partial charge in [0.05, 0.1) is 24.8 Å². The predicted octanol–water partition coefficient (Wildman–Crippen LogP) is 1.71. The van der Waals surface area contributed by atoms with Crippen molar-refractivity contribution in [3.05, 3.63) is 47.1 Å². The number of methoxy groups -OCH3 is 1. The van der Waals surface area contributed by atoms with Crippen LogP contribution in [0.3, 0.4) is 0 Å². The smallest absolute Gasteiger partial charge is 0.321 e. The Labute approximate surface area is 144 Å². The van der Waals surface area contributed by atoms with E-state index < -0.39 is 12.0 Å². The number of carbonyl (C=O) groups is 1. The number of aromatic nitrogens is 2. The second-order valence-electron chi connectivity index (χ2n) is 6.29. The van der Waals surface area contributed by atoms with Crippen LogP contribution in [0, 0.1) is 0 Å². The fraction of sp³-hybridized carbons (Fsp3) is 0.333. The Bertz CT molecular complexity index is 843. The lowest BCUT2D eigenvalue weighted by Crippen LogP contribution is -2.46. The number of H-pyrrole nitrogens is 1. The molecule has 0 saturated carbocycles. The van der Waals surface area contributed by atoms with Gasteiger partial charge in [-0.2, -0.15) is 0 Å². The maximum Gasteiger partial charge on any atom is 0.321 e. The molecule has 2 aliphatic heterocycles. The molecule has 3 heterocycles. The summed E-state index contributed by atoms with van der Waals surface area (Å²) < 4.78 is 11.1. The number of hydrogen-bond donors (Lipinski definition) is 2. The number of hydrogen-bond acceptors (Lipinski definition) is 5. The molecule has 1 aromatic carbocycles. The van der Waals surface area contributed by atoms with Gasteiger partial charge in [-0.15, -0.1) is 0 Å². The number of carboxylic acid groups (broad SMARTS) is 1. The van der Waals surface area contributed by atoms with E-state index >= 15 is 0 Å². The lowest BCUT2D eigenvalue weighted by atomic mass is 10.0.